The van der Waals surface area contributed by atoms with Crippen LogP contribution in [-0.2, 0) is 0 Å². The number of rotatable bonds is 2. The number of ether oxygens (including phenoxy) is 1. The Morgan fingerprint density at radius 3 is 2.56 bits per heavy atom. The highest BCUT2D eigenvalue weighted by molar-refractivity contribution is 5.89. The maximum Gasteiger partial charge on any atom is 0.412 e. The monoisotopic (exact) mass is 224 g/mol. The minimum atomic E-state index is -1.03. The molecule has 0 aromatic carbocycles. The first-order valence-electron chi connectivity index (χ1n) is 4.90. The summed E-state index contributed by atoms with van der Waals surface area (Å²) in [6, 6.07) is 3.35. The van der Waals surface area contributed by atoms with E-state index in [1.54, 1.807) is 18.3 Å². The Morgan fingerprint density at radius 2 is 2.12 bits per heavy atom. The molecule has 0 aliphatic carbocycles. The Morgan fingerprint density at radius 1 is 1.50 bits per heavy atom. The highest BCUT2D eigenvalue weighted by atomic mass is 16.5. The lowest BCUT2D eigenvalue weighted by Crippen LogP contribution is -2.45. The molecular formula is C11H16N2O3. The van der Waals surface area contributed by atoms with Crippen LogP contribution in [-0.4, -0.2) is 28.8 Å². The summed E-state index contributed by atoms with van der Waals surface area (Å²) in [4.78, 5) is 16.5. The Hall–Kier alpha value is -1.78. The van der Waals surface area contributed by atoms with Gasteiger partial charge in [-0.3, -0.25) is 4.90 Å². The first-order valence-corrected chi connectivity index (χ1v) is 4.90. The molecule has 1 aromatic heterocycles. The molecule has 0 saturated carbocycles. The minimum Gasteiger partial charge on any atom is -0.480 e. The molecule has 16 heavy (non-hydrogen) atoms. The second-order valence-corrected chi connectivity index (χ2v) is 4.32. The number of hydrogen-bond acceptors (Lipinski definition) is 3. The molecule has 0 aliphatic rings. The molecule has 0 spiro atoms. The minimum absolute atomic E-state index is 0.305. The van der Waals surface area contributed by atoms with Gasteiger partial charge in [-0.15, -0.1) is 0 Å². The number of carboxylic acid groups (broad SMARTS) is 1. The van der Waals surface area contributed by atoms with Gasteiger partial charge < -0.3 is 9.84 Å². The van der Waals surface area contributed by atoms with Crippen molar-refractivity contribution in [2.24, 2.45) is 0 Å². The summed E-state index contributed by atoms with van der Waals surface area (Å²) in [5, 5.41) is 9.22. The van der Waals surface area contributed by atoms with Crippen molar-refractivity contribution in [3.63, 3.8) is 0 Å². The molecule has 0 aliphatic heterocycles. The fourth-order valence-corrected chi connectivity index (χ4v) is 1.46. The first-order chi connectivity index (χ1) is 7.38. The maximum atomic E-state index is 11.3. The topological polar surface area (TPSA) is 62.7 Å². The van der Waals surface area contributed by atoms with Crippen molar-refractivity contribution >= 4 is 11.8 Å². The van der Waals surface area contributed by atoms with Gasteiger partial charge in [0.25, 0.3) is 0 Å². The van der Waals surface area contributed by atoms with Crippen LogP contribution in [0.25, 0.3) is 0 Å². The molecular weight excluding hydrogens is 208 g/mol. The molecule has 1 amide bonds. The molecule has 0 radical (unpaired) electrons. The van der Waals surface area contributed by atoms with E-state index in [1.165, 1.54) is 12.0 Å². The van der Waals surface area contributed by atoms with Crippen LogP contribution in [0, 0.1) is 0 Å². The molecule has 5 nitrogen and oxygen atoms in total. The van der Waals surface area contributed by atoms with Crippen LogP contribution in [0.5, 0.6) is 5.88 Å². The van der Waals surface area contributed by atoms with Crippen molar-refractivity contribution in [3.8, 4) is 5.88 Å². The van der Waals surface area contributed by atoms with E-state index in [0.29, 0.717) is 11.6 Å². The molecule has 0 bridgehead atoms. The van der Waals surface area contributed by atoms with Gasteiger partial charge in [-0.1, -0.05) is 0 Å². The Balaban J connectivity index is 3.27. The summed E-state index contributed by atoms with van der Waals surface area (Å²) in [5.74, 6) is 0.305. The van der Waals surface area contributed by atoms with Crippen LogP contribution in [0.2, 0.25) is 0 Å². The number of pyridine rings is 1. The largest absolute Gasteiger partial charge is 0.480 e. The summed E-state index contributed by atoms with van der Waals surface area (Å²) in [7, 11) is 1.47. The summed E-state index contributed by atoms with van der Waals surface area (Å²) >= 11 is 0. The van der Waals surface area contributed by atoms with Gasteiger partial charge >= 0.3 is 6.09 Å². The molecule has 1 aromatic rings. The number of carbonyl (C=O) groups is 1. The fourth-order valence-electron chi connectivity index (χ4n) is 1.46. The summed E-state index contributed by atoms with van der Waals surface area (Å²) in [5.41, 5.74) is -0.104. The third-order valence-corrected chi connectivity index (χ3v) is 2.05. The maximum absolute atomic E-state index is 11.3. The van der Waals surface area contributed by atoms with E-state index in [-0.39, 0.29) is 0 Å². The number of methoxy groups -OCH3 is 1. The summed E-state index contributed by atoms with van der Waals surface area (Å²) in [6.45, 7) is 5.44. The Labute approximate surface area is 94.7 Å². The Bertz CT molecular complexity index is 385. The standard InChI is InChI=1S/C11H16N2O3/c1-11(2,3)13(10(14)15)8-6-5-7-12-9(8)16-4/h5-7H,1-4H3,(H,14,15). The molecule has 0 unspecified atom stereocenters. The van der Waals surface area contributed by atoms with Gasteiger partial charge in [0.1, 0.15) is 5.69 Å². The summed E-state index contributed by atoms with van der Waals surface area (Å²) in [6.07, 6.45) is 0.532. The molecule has 1 heterocycles. The smallest absolute Gasteiger partial charge is 0.412 e. The average Bonchev–Trinajstić information content (AvgIpc) is 2.15. The number of anilines is 1. The van der Waals surface area contributed by atoms with Crippen molar-refractivity contribution in [1.82, 2.24) is 4.98 Å². The zero-order valence-corrected chi connectivity index (χ0v) is 9.89. The van der Waals surface area contributed by atoms with Gasteiger partial charge in [0.15, 0.2) is 0 Å². The van der Waals surface area contributed by atoms with E-state index in [4.69, 9.17) is 4.74 Å². The third kappa shape index (κ3) is 2.42. The van der Waals surface area contributed by atoms with E-state index in [1.807, 2.05) is 20.8 Å². The van der Waals surface area contributed by atoms with E-state index in [2.05, 4.69) is 4.98 Å². The van der Waals surface area contributed by atoms with Crippen molar-refractivity contribution in [3.05, 3.63) is 18.3 Å². The van der Waals surface area contributed by atoms with Crippen LogP contribution in [0.3, 0.4) is 0 Å². The molecule has 0 saturated heterocycles. The number of nitrogens with zero attached hydrogens (tertiary/aromatic N) is 2. The van der Waals surface area contributed by atoms with Crippen molar-refractivity contribution in [2.75, 3.05) is 12.0 Å². The Kier molecular flexibility index (Phi) is 3.37. The van der Waals surface area contributed by atoms with Gasteiger partial charge in [0.05, 0.1) is 7.11 Å². The van der Waals surface area contributed by atoms with Crippen molar-refractivity contribution in [2.45, 2.75) is 26.3 Å². The molecule has 0 fully saturated rings. The van der Waals surface area contributed by atoms with E-state index >= 15 is 0 Å². The molecule has 5 heteroatoms. The van der Waals surface area contributed by atoms with Gasteiger partial charge in [0.2, 0.25) is 5.88 Å². The highest BCUT2D eigenvalue weighted by Gasteiger charge is 2.30. The van der Waals surface area contributed by atoms with Crippen molar-refractivity contribution < 1.29 is 14.6 Å². The van der Waals surface area contributed by atoms with Crippen LogP contribution < -0.4 is 9.64 Å². The average molecular weight is 224 g/mol. The summed E-state index contributed by atoms with van der Waals surface area (Å²) < 4.78 is 5.06. The zero-order chi connectivity index (χ0) is 12.3. The molecule has 1 N–H and O–H groups in total. The van der Waals surface area contributed by atoms with Crippen LogP contribution in [0.15, 0.2) is 18.3 Å². The SMILES string of the molecule is COc1ncccc1N(C(=O)O)C(C)(C)C. The predicted octanol–water partition coefficient (Wildman–Crippen LogP) is 2.37. The second kappa shape index (κ2) is 4.38. The van der Waals surface area contributed by atoms with Gasteiger partial charge in [-0.2, -0.15) is 0 Å². The lowest BCUT2D eigenvalue weighted by Gasteiger charge is -2.33. The van der Waals surface area contributed by atoms with Crippen molar-refractivity contribution in [1.29, 1.82) is 0 Å². The van der Waals surface area contributed by atoms with E-state index in [9.17, 15) is 9.90 Å². The number of amides is 1. The molecule has 1 rings (SSSR count). The van der Waals surface area contributed by atoms with Gasteiger partial charge in [0, 0.05) is 11.7 Å². The highest BCUT2D eigenvalue weighted by Crippen LogP contribution is 2.30. The predicted molar refractivity (Wildman–Crippen MR) is 61.0 cm³/mol. The molecule has 0 atom stereocenters. The van der Waals surface area contributed by atoms with Crippen LogP contribution >= 0.6 is 0 Å². The van der Waals surface area contributed by atoms with E-state index in [0.717, 1.165) is 0 Å². The van der Waals surface area contributed by atoms with E-state index < -0.39 is 11.6 Å². The lowest BCUT2D eigenvalue weighted by atomic mass is 10.1. The number of aromatic nitrogens is 1. The molecule has 88 valence electrons. The normalized spacial score (nSPS) is 11.0. The first kappa shape index (κ1) is 12.3. The zero-order valence-electron chi connectivity index (χ0n) is 9.89. The van der Waals surface area contributed by atoms with Gasteiger partial charge in [-0.25, -0.2) is 9.78 Å². The van der Waals surface area contributed by atoms with Gasteiger partial charge in [-0.05, 0) is 32.9 Å². The van der Waals surface area contributed by atoms with Crippen LogP contribution in [0.4, 0.5) is 10.5 Å². The third-order valence-electron chi connectivity index (χ3n) is 2.05. The fraction of sp³-hybridized carbons (Fsp3) is 0.455. The quantitative estimate of drug-likeness (QED) is 0.837. The second-order valence-electron chi connectivity index (χ2n) is 4.32. The van der Waals surface area contributed by atoms with Crippen LogP contribution in [0.1, 0.15) is 20.8 Å². The lowest BCUT2D eigenvalue weighted by molar-refractivity contribution is 0.195. The number of hydrogen-bond donors (Lipinski definition) is 1.